The van der Waals surface area contributed by atoms with Crippen molar-refractivity contribution < 1.29 is 9.90 Å². The van der Waals surface area contributed by atoms with E-state index >= 15 is 0 Å². The molecule has 1 atom stereocenters. The fourth-order valence-electron chi connectivity index (χ4n) is 1.46. The van der Waals surface area contributed by atoms with Crippen LogP contribution in [-0.4, -0.2) is 22.5 Å². The van der Waals surface area contributed by atoms with E-state index in [0.717, 1.165) is 5.56 Å². The number of rotatable bonds is 4. The van der Waals surface area contributed by atoms with Gasteiger partial charge in [-0.25, -0.2) is 0 Å². The lowest BCUT2D eigenvalue weighted by atomic mass is 10.2. The van der Waals surface area contributed by atoms with Crippen molar-refractivity contribution in [2.75, 3.05) is 6.54 Å². The Morgan fingerprint density at radius 1 is 1.50 bits per heavy atom. The minimum Gasteiger partial charge on any atom is -0.387 e. The molecule has 2 aromatic heterocycles. The summed E-state index contributed by atoms with van der Waals surface area (Å²) in [5.74, 6) is -0.494. The van der Waals surface area contributed by atoms with E-state index in [1.54, 1.807) is 6.07 Å². The van der Waals surface area contributed by atoms with E-state index < -0.39 is 12.0 Å². The van der Waals surface area contributed by atoms with Gasteiger partial charge < -0.3 is 15.4 Å². The van der Waals surface area contributed by atoms with Crippen LogP contribution >= 0.6 is 11.3 Å². The van der Waals surface area contributed by atoms with Crippen LogP contribution in [0.25, 0.3) is 0 Å². The summed E-state index contributed by atoms with van der Waals surface area (Å²) in [7, 11) is 0. The van der Waals surface area contributed by atoms with Crippen molar-refractivity contribution in [1.82, 2.24) is 10.3 Å². The Hall–Kier alpha value is -1.92. The molecule has 1 unspecified atom stereocenters. The predicted molar refractivity (Wildman–Crippen MR) is 68.7 cm³/mol. The van der Waals surface area contributed by atoms with Gasteiger partial charge in [-0.15, -0.1) is 0 Å². The quantitative estimate of drug-likeness (QED) is 0.767. The van der Waals surface area contributed by atoms with Crippen LogP contribution in [0.3, 0.4) is 0 Å². The maximum absolute atomic E-state index is 11.7. The van der Waals surface area contributed by atoms with Crippen LogP contribution < -0.4 is 10.7 Å². The van der Waals surface area contributed by atoms with E-state index in [1.165, 1.54) is 29.8 Å². The lowest BCUT2D eigenvalue weighted by Gasteiger charge is -2.10. The summed E-state index contributed by atoms with van der Waals surface area (Å²) in [5.41, 5.74) is 0.438. The molecule has 6 heteroatoms. The van der Waals surface area contributed by atoms with Crippen LogP contribution in [0.2, 0.25) is 0 Å². The van der Waals surface area contributed by atoms with Gasteiger partial charge in [-0.1, -0.05) is 0 Å². The van der Waals surface area contributed by atoms with E-state index in [9.17, 15) is 14.7 Å². The number of aliphatic hydroxyl groups excluding tert-OH is 1. The zero-order chi connectivity index (χ0) is 13.0. The SMILES string of the molecule is O=C(NCC(O)c1ccsc1)c1c[nH]ccc1=O. The molecule has 2 heterocycles. The van der Waals surface area contributed by atoms with Gasteiger partial charge in [0.25, 0.3) is 5.91 Å². The van der Waals surface area contributed by atoms with E-state index in [2.05, 4.69) is 10.3 Å². The molecule has 0 radical (unpaired) electrons. The molecule has 2 rings (SSSR count). The second-order valence-corrected chi connectivity index (χ2v) is 4.48. The first kappa shape index (κ1) is 12.5. The highest BCUT2D eigenvalue weighted by Crippen LogP contribution is 2.14. The number of carbonyl (C=O) groups is 1. The highest BCUT2D eigenvalue weighted by atomic mass is 32.1. The highest BCUT2D eigenvalue weighted by Gasteiger charge is 2.12. The van der Waals surface area contributed by atoms with Crippen molar-refractivity contribution in [3.8, 4) is 0 Å². The molecule has 0 spiro atoms. The summed E-state index contributed by atoms with van der Waals surface area (Å²) in [5, 5.41) is 16.0. The lowest BCUT2D eigenvalue weighted by molar-refractivity contribution is 0.0915. The van der Waals surface area contributed by atoms with Crippen LogP contribution in [0.5, 0.6) is 0 Å². The molecule has 5 nitrogen and oxygen atoms in total. The number of amides is 1. The molecule has 0 saturated carbocycles. The van der Waals surface area contributed by atoms with Crippen molar-refractivity contribution in [2.24, 2.45) is 0 Å². The van der Waals surface area contributed by atoms with Gasteiger partial charge in [-0.3, -0.25) is 9.59 Å². The van der Waals surface area contributed by atoms with Crippen molar-refractivity contribution in [1.29, 1.82) is 0 Å². The van der Waals surface area contributed by atoms with E-state index in [-0.39, 0.29) is 17.5 Å². The van der Waals surface area contributed by atoms with Gasteiger partial charge in [0.1, 0.15) is 5.56 Å². The number of aromatic nitrogens is 1. The number of thiophene rings is 1. The Morgan fingerprint density at radius 3 is 3.00 bits per heavy atom. The standard InChI is InChI=1S/C12H12N2O3S/c15-10-1-3-13-5-9(10)12(17)14-6-11(16)8-2-4-18-7-8/h1-5,7,11,16H,6H2,(H,13,15)(H,14,17). The third-order valence-electron chi connectivity index (χ3n) is 2.45. The van der Waals surface area contributed by atoms with Crippen molar-refractivity contribution in [3.05, 3.63) is 56.6 Å². The number of pyridine rings is 1. The molecule has 0 aliphatic heterocycles. The van der Waals surface area contributed by atoms with Crippen LogP contribution in [-0.2, 0) is 0 Å². The number of hydrogen-bond acceptors (Lipinski definition) is 4. The number of H-pyrrole nitrogens is 1. The third kappa shape index (κ3) is 2.85. The summed E-state index contributed by atoms with van der Waals surface area (Å²) in [6.07, 6.45) is 2.04. The Bertz CT molecular complexity index is 577. The zero-order valence-electron chi connectivity index (χ0n) is 9.42. The highest BCUT2D eigenvalue weighted by molar-refractivity contribution is 7.07. The van der Waals surface area contributed by atoms with Crippen LogP contribution in [0, 0.1) is 0 Å². The van der Waals surface area contributed by atoms with Gasteiger partial charge in [0.2, 0.25) is 0 Å². The molecule has 0 fully saturated rings. The fourth-order valence-corrected chi connectivity index (χ4v) is 2.17. The smallest absolute Gasteiger partial charge is 0.256 e. The molecular formula is C12H12N2O3S. The molecule has 94 valence electrons. The Labute approximate surface area is 107 Å². The summed E-state index contributed by atoms with van der Waals surface area (Å²) in [6, 6.07) is 3.07. The third-order valence-corrected chi connectivity index (χ3v) is 3.15. The molecule has 0 bridgehead atoms. The summed E-state index contributed by atoms with van der Waals surface area (Å²) in [4.78, 5) is 25.8. The second-order valence-electron chi connectivity index (χ2n) is 3.70. The first-order valence-electron chi connectivity index (χ1n) is 5.34. The van der Waals surface area contributed by atoms with Crippen LogP contribution in [0.15, 0.2) is 40.1 Å². The molecule has 0 saturated heterocycles. The molecule has 0 aliphatic rings. The average Bonchev–Trinajstić information content (AvgIpc) is 2.90. The van der Waals surface area contributed by atoms with Crippen LogP contribution in [0.1, 0.15) is 22.0 Å². The first-order valence-corrected chi connectivity index (χ1v) is 6.28. The normalized spacial score (nSPS) is 12.1. The number of nitrogens with one attached hydrogen (secondary N) is 2. The molecule has 0 aliphatic carbocycles. The molecule has 2 aromatic rings. The predicted octanol–water partition coefficient (Wildman–Crippen LogP) is 0.900. The van der Waals surface area contributed by atoms with E-state index in [0.29, 0.717) is 0 Å². The Kier molecular flexibility index (Phi) is 3.91. The molecule has 0 aromatic carbocycles. The van der Waals surface area contributed by atoms with E-state index in [4.69, 9.17) is 0 Å². The lowest BCUT2D eigenvalue weighted by Crippen LogP contribution is -2.31. The van der Waals surface area contributed by atoms with Gasteiger partial charge in [0, 0.05) is 25.0 Å². The van der Waals surface area contributed by atoms with Gasteiger partial charge >= 0.3 is 0 Å². The van der Waals surface area contributed by atoms with Gasteiger partial charge in [-0.2, -0.15) is 11.3 Å². The fraction of sp³-hybridized carbons (Fsp3) is 0.167. The minimum absolute atomic E-state index is 0.0371. The summed E-state index contributed by atoms with van der Waals surface area (Å²) in [6.45, 7) is 0.0733. The number of aliphatic hydroxyl groups is 1. The number of hydrogen-bond donors (Lipinski definition) is 3. The first-order chi connectivity index (χ1) is 8.68. The molecule has 3 N–H and O–H groups in total. The zero-order valence-corrected chi connectivity index (χ0v) is 10.2. The number of aromatic amines is 1. The van der Waals surface area contributed by atoms with Crippen molar-refractivity contribution in [2.45, 2.75) is 6.10 Å². The minimum atomic E-state index is -0.761. The maximum atomic E-state index is 11.7. The second kappa shape index (κ2) is 5.61. The Morgan fingerprint density at radius 2 is 2.33 bits per heavy atom. The van der Waals surface area contributed by atoms with Crippen molar-refractivity contribution in [3.63, 3.8) is 0 Å². The van der Waals surface area contributed by atoms with Gasteiger partial charge in [0.05, 0.1) is 6.10 Å². The van der Waals surface area contributed by atoms with Gasteiger partial charge in [-0.05, 0) is 22.4 Å². The van der Waals surface area contributed by atoms with E-state index in [1.807, 2.05) is 10.8 Å². The monoisotopic (exact) mass is 264 g/mol. The molecule has 1 amide bonds. The molecule has 18 heavy (non-hydrogen) atoms. The van der Waals surface area contributed by atoms with Gasteiger partial charge in [0.15, 0.2) is 5.43 Å². The van der Waals surface area contributed by atoms with Crippen molar-refractivity contribution >= 4 is 17.2 Å². The summed E-state index contributed by atoms with van der Waals surface area (Å²) >= 11 is 1.47. The summed E-state index contributed by atoms with van der Waals surface area (Å²) < 4.78 is 0. The maximum Gasteiger partial charge on any atom is 0.256 e. The average molecular weight is 264 g/mol. The largest absolute Gasteiger partial charge is 0.387 e. The number of carbonyl (C=O) groups excluding carboxylic acids is 1. The Balaban J connectivity index is 1.97. The molecular weight excluding hydrogens is 252 g/mol. The topological polar surface area (TPSA) is 82.2 Å². The van der Waals surface area contributed by atoms with Crippen LogP contribution in [0.4, 0.5) is 0 Å².